The number of carbonyl (C=O) groups excluding carboxylic acids is 1. The molecule has 0 aliphatic carbocycles. The van der Waals surface area contributed by atoms with Crippen molar-refractivity contribution < 1.29 is 18.0 Å². The number of anilines is 1. The number of hydrogen-bond acceptors (Lipinski definition) is 1. The lowest BCUT2D eigenvalue weighted by Gasteiger charge is -2.11. The van der Waals surface area contributed by atoms with Gasteiger partial charge in [-0.2, -0.15) is 13.2 Å². The molecule has 0 unspecified atom stereocenters. The summed E-state index contributed by atoms with van der Waals surface area (Å²) >= 11 is 5.51. The van der Waals surface area contributed by atoms with Crippen molar-refractivity contribution in [2.45, 2.75) is 6.18 Å². The van der Waals surface area contributed by atoms with E-state index in [0.717, 1.165) is 17.7 Å². The summed E-state index contributed by atoms with van der Waals surface area (Å²) in [7, 11) is 0. The summed E-state index contributed by atoms with van der Waals surface area (Å²) in [6.45, 7) is 0. The number of carbonyl (C=O) groups is 1. The molecule has 2 rings (SSSR count). The van der Waals surface area contributed by atoms with Crippen molar-refractivity contribution in [3.8, 4) is 0 Å². The Labute approximate surface area is 130 Å². The number of amides is 1. The number of nitrogens with one attached hydrogen (secondary N) is 1. The third kappa shape index (κ3) is 4.36. The van der Waals surface area contributed by atoms with Crippen LogP contribution < -0.4 is 5.32 Å². The van der Waals surface area contributed by atoms with E-state index in [1.165, 1.54) is 12.1 Å². The molecular formula is C16H11ClF3NO. The lowest BCUT2D eigenvalue weighted by molar-refractivity contribution is -0.137. The average Bonchev–Trinajstić information content (AvgIpc) is 2.47. The molecule has 0 aliphatic heterocycles. The number of hydrogen-bond donors (Lipinski definition) is 1. The minimum Gasteiger partial charge on any atom is -0.322 e. The largest absolute Gasteiger partial charge is 0.417 e. The van der Waals surface area contributed by atoms with Crippen molar-refractivity contribution >= 4 is 29.3 Å². The molecule has 2 aromatic rings. The third-order valence-corrected chi connectivity index (χ3v) is 3.10. The lowest BCUT2D eigenvalue weighted by Crippen LogP contribution is -2.11. The Balaban J connectivity index is 2.11. The maximum absolute atomic E-state index is 12.7. The van der Waals surface area contributed by atoms with Crippen molar-refractivity contribution in [3.63, 3.8) is 0 Å². The SMILES string of the molecule is O=C(C=Cc1ccccc1)Nc1ccc(Cl)c(C(F)(F)F)c1. The van der Waals surface area contributed by atoms with Crippen LogP contribution in [0.4, 0.5) is 18.9 Å². The minimum atomic E-state index is -4.57. The molecule has 0 aromatic heterocycles. The van der Waals surface area contributed by atoms with Gasteiger partial charge >= 0.3 is 6.18 Å². The van der Waals surface area contributed by atoms with E-state index in [9.17, 15) is 18.0 Å². The van der Waals surface area contributed by atoms with Crippen LogP contribution in [-0.4, -0.2) is 5.91 Å². The van der Waals surface area contributed by atoms with Crippen LogP contribution in [-0.2, 0) is 11.0 Å². The van der Waals surface area contributed by atoms with Crippen LogP contribution in [0.5, 0.6) is 0 Å². The zero-order valence-corrected chi connectivity index (χ0v) is 11.9. The first-order valence-corrected chi connectivity index (χ1v) is 6.65. The maximum atomic E-state index is 12.7. The number of alkyl halides is 3. The summed E-state index contributed by atoms with van der Waals surface area (Å²) in [4.78, 5) is 11.7. The first kappa shape index (κ1) is 16.1. The fourth-order valence-electron chi connectivity index (χ4n) is 1.74. The van der Waals surface area contributed by atoms with Gasteiger partial charge in [-0.05, 0) is 29.8 Å². The third-order valence-electron chi connectivity index (χ3n) is 2.77. The molecule has 0 fully saturated rings. The lowest BCUT2D eigenvalue weighted by atomic mass is 10.2. The van der Waals surface area contributed by atoms with E-state index in [1.54, 1.807) is 18.2 Å². The van der Waals surface area contributed by atoms with E-state index in [-0.39, 0.29) is 5.69 Å². The first-order valence-electron chi connectivity index (χ1n) is 6.27. The molecule has 2 aromatic carbocycles. The van der Waals surface area contributed by atoms with Crippen LogP contribution in [0, 0.1) is 0 Å². The fraction of sp³-hybridized carbons (Fsp3) is 0.0625. The van der Waals surface area contributed by atoms with E-state index in [2.05, 4.69) is 5.32 Å². The standard InChI is InChI=1S/C16H11ClF3NO/c17-14-8-7-12(10-13(14)16(18,19)20)21-15(22)9-6-11-4-2-1-3-5-11/h1-10H,(H,21,22). The van der Waals surface area contributed by atoms with Crippen LogP contribution in [0.2, 0.25) is 5.02 Å². The minimum absolute atomic E-state index is 0.0273. The van der Waals surface area contributed by atoms with Crippen molar-refractivity contribution in [2.75, 3.05) is 5.32 Å². The molecule has 0 saturated carbocycles. The topological polar surface area (TPSA) is 29.1 Å². The molecule has 2 nitrogen and oxygen atoms in total. The summed E-state index contributed by atoms with van der Waals surface area (Å²) < 4.78 is 38.2. The smallest absolute Gasteiger partial charge is 0.322 e. The van der Waals surface area contributed by atoms with Gasteiger partial charge in [0.05, 0.1) is 10.6 Å². The Morgan fingerprint density at radius 3 is 2.41 bits per heavy atom. The van der Waals surface area contributed by atoms with E-state index in [4.69, 9.17) is 11.6 Å². The molecule has 0 heterocycles. The second kappa shape index (κ2) is 6.66. The number of rotatable bonds is 3. The highest BCUT2D eigenvalue weighted by Crippen LogP contribution is 2.36. The van der Waals surface area contributed by atoms with Gasteiger partial charge < -0.3 is 5.32 Å². The molecule has 0 bridgehead atoms. The van der Waals surface area contributed by atoms with Gasteiger partial charge in [-0.1, -0.05) is 41.9 Å². The van der Waals surface area contributed by atoms with Crippen molar-refractivity contribution in [1.82, 2.24) is 0 Å². The van der Waals surface area contributed by atoms with Crippen LogP contribution in [0.15, 0.2) is 54.6 Å². The summed E-state index contributed by atoms with van der Waals surface area (Å²) in [5.41, 5.74) is -0.150. The van der Waals surface area contributed by atoms with Crippen molar-refractivity contribution in [1.29, 1.82) is 0 Å². The fourth-order valence-corrected chi connectivity index (χ4v) is 1.96. The zero-order chi connectivity index (χ0) is 16.2. The molecule has 0 radical (unpaired) electrons. The van der Waals surface area contributed by atoms with Gasteiger partial charge in [0.25, 0.3) is 0 Å². The predicted molar refractivity (Wildman–Crippen MR) is 80.6 cm³/mol. The summed E-state index contributed by atoms with van der Waals surface area (Å²) in [6.07, 6.45) is -1.76. The summed E-state index contributed by atoms with van der Waals surface area (Å²) in [5, 5.41) is 1.96. The molecule has 6 heteroatoms. The van der Waals surface area contributed by atoms with Gasteiger partial charge in [0.15, 0.2) is 0 Å². The summed E-state index contributed by atoms with van der Waals surface area (Å²) in [5.74, 6) is -0.528. The van der Waals surface area contributed by atoms with Crippen molar-refractivity contribution in [2.24, 2.45) is 0 Å². The van der Waals surface area contributed by atoms with Crippen LogP contribution in [0.1, 0.15) is 11.1 Å². The van der Waals surface area contributed by atoms with E-state index in [0.29, 0.717) is 0 Å². The first-order chi connectivity index (χ1) is 10.4. The molecule has 1 N–H and O–H groups in total. The van der Waals surface area contributed by atoms with Gasteiger partial charge in [-0.3, -0.25) is 4.79 Å². The van der Waals surface area contributed by atoms with Crippen LogP contribution in [0.25, 0.3) is 6.08 Å². The molecule has 114 valence electrons. The molecule has 22 heavy (non-hydrogen) atoms. The predicted octanol–water partition coefficient (Wildman–Crippen LogP) is 5.01. The molecule has 0 saturated heterocycles. The second-order valence-corrected chi connectivity index (χ2v) is 4.83. The van der Waals surface area contributed by atoms with Crippen LogP contribution >= 0.6 is 11.6 Å². The summed E-state index contributed by atoms with van der Waals surface area (Å²) in [6, 6.07) is 12.3. The Bertz CT molecular complexity index is 696. The highest BCUT2D eigenvalue weighted by atomic mass is 35.5. The molecule has 1 amide bonds. The van der Waals surface area contributed by atoms with Crippen LogP contribution in [0.3, 0.4) is 0 Å². The molecule has 0 atom stereocenters. The Kier molecular flexibility index (Phi) is 4.88. The Hall–Kier alpha value is -2.27. The Morgan fingerprint density at radius 1 is 1.09 bits per heavy atom. The normalized spacial score (nSPS) is 11.6. The highest BCUT2D eigenvalue weighted by molar-refractivity contribution is 6.31. The average molecular weight is 326 g/mol. The van der Waals surface area contributed by atoms with Gasteiger partial charge in [0.1, 0.15) is 0 Å². The maximum Gasteiger partial charge on any atom is 0.417 e. The zero-order valence-electron chi connectivity index (χ0n) is 11.2. The highest BCUT2D eigenvalue weighted by Gasteiger charge is 2.33. The van der Waals surface area contributed by atoms with E-state index < -0.39 is 22.7 Å². The second-order valence-electron chi connectivity index (χ2n) is 4.43. The molecule has 0 aliphatic rings. The van der Waals surface area contributed by atoms with Crippen molar-refractivity contribution in [3.05, 3.63) is 70.8 Å². The molecular weight excluding hydrogens is 315 g/mol. The van der Waals surface area contributed by atoms with Gasteiger partial charge in [0, 0.05) is 11.8 Å². The van der Waals surface area contributed by atoms with E-state index in [1.807, 2.05) is 18.2 Å². The number of halogens is 4. The van der Waals surface area contributed by atoms with E-state index >= 15 is 0 Å². The Morgan fingerprint density at radius 2 is 1.77 bits per heavy atom. The number of benzene rings is 2. The quantitative estimate of drug-likeness (QED) is 0.790. The van der Waals surface area contributed by atoms with Gasteiger partial charge in [0.2, 0.25) is 5.91 Å². The van der Waals surface area contributed by atoms with Gasteiger partial charge in [-0.15, -0.1) is 0 Å². The monoisotopic (exact) mass is 325 g/mol. The molecule has 0 spiro atoms. The van der Waals surface area contributed by atoms with Gasteiger partial charge in [-0.25, -0.2) is 0 Å².